The molecule has 9 heteroatoms. The van der Waals surface area contributed by atoms with Crippen molar-refractivity contribution in [3.05, 3.63) is 0 Å². The van der Waals surface area contributed by atoms with Gasteiger partial charge in [-0.05, 0) is 47.5 Å². The van der Waals surface area contributed by atoms with E-state index in [1.165, 1.54) is 20.4 Å². The molecule has 0 bridgehead atoms. The van der Waals surface area contributed by atoms with Gasteiger partial charge in [-0.2, -0.15) is 0 Å². The van der Waals surface area contributed by atoms with Crippen molar-refractivity contribution in [1.82, 2.24) is 4.90 Å². The Morgan fingerprint density at radius 2 is 1.75 bits per heavy atom. The highest BCUT2D eigenvalue weighted by Crippen LogP contribution is 2.55. The Bertz CT molecular complexity index is 645. The van der Waals surface area contributed by atoms with Gasteiger partial charge in [-0.25, -0.2) is 4.79 Å². The van der Waals surface area contributed by atoms with E-state index in [2.05, 4.69) is 5.16 Å². The third-order valence-corrected chi connectivity index (χ3v) is 6.19. The van der Waals surface area contributed by atoms with Crippen LogP contribution in [0, 0.1) is 5.92 Å². The summed E-state index contributed by atoms with van der Waals surface area (Å²) in [7, 11) is 3.04. The Kier molecular flexibility index (Phi) is 5.19. The molecule has 1 saturated carbocycles. The lowest BCUT2D eigenvalue weighted by Crippen LogP contribution is -2.73. The average molecular weight is 400 g/mol. The normalized spacial score (nSPS) is 39.8. The van der Waals surface area contributed by atoms with E-state index in [1.807, 2.05) is 20.8 Å². The van der Waals surface area contributed by atoms with Crippen molar-refractivity contribution in [3.63, 3.8) is 0 Å². The molecule has 1 spiro atoms. The van der Waals surface area contributed by atoms with E-state index in [0.29, 0.717) is 0 Å². The maximum Gasteiger partial charge on any atom is 0.410 e. The van der Waals surface area contributed by atoms with Gasteiger partial charge in [-0.3, -0.25) is 4.90 Å². The molecule has 1 N–H and O–H groups in total. The Labute approximate surface area is 165 Å². The third kappa shape index (κ3) is 3.28. The van der Waals surface area contributed by atoms with Gasteiger partial charge in [0.15, 0.2) is 0 Å². The number of rotatable bonds is 3. The van der Waals surface area contributed by atoms with Crippen molar-refractivity contribution in [1.29, 1.82) is 0 Å². The van der Waals surface area contributed by atoms with E-state index in [0.717, 1.165) is 12.8 Å². The predicted octanol–water partition coefficient (Wildman–Crippen LogP) is 2.36. The topological polar surface area (TPSA) is 99.1 Å². The summed E-state index contributed by atoms with van der Waals surface area (Å²) in [6.45, 7) is 9.26. The molecule has 3 fully saturated rings. The van der Waals surface area contributed by atoms with E-state index in [4.69, 9.17) is 23.7 Å². The van der Waals surface area contributed by atoms with Crippen LogP contribution < -0.4 is 0 Å². The summed E-state index contributed by atoms with van der Waals surface area (Å²) in [6.07, 6.45) is 1.57. The van der Waals surface area contributed by atoms with Gasteiger partial charge < -0.3 is 28.9 Å². The van der Waals surface area contributed by atoms with Gasteiger partial charge in [0.25, 0.3) is 0 Å². The van der Waals surface area contributed by atoms with Gasteiger partial charge in [-0.1, -0.05) is 0 Å². The van der Waals surface area contributed by atoms with Crippen LogP contribution in [-0.2, 0) is 23.7 Å². The molecule has 28 heavy (non-hydrogen) atoms. The van der Waals surface area contributed by atoms with Crippen LogP contribution in [0.4, 0.5) is 4.79 Å². The molecular weight excluding hydrogens is 368 g/mol. The van der Waals surface area contributed by atoms with E-state index >= 15 is 0 Å². The number of ether oxygens (including phenoxy) is 5. The second-order valence-corrected chi connectivity index (χ2v) is 9.02. The molecule has 3 rings (SSSR count). The summed E-state index contributed by atoms with van der Waals surface area (Å²) in [6, 6.07) is 0. The number of amides is 1. The second kappa shape index (κ2) is 6.83. The van der Waals surface area contributed by atoms with Crippen LogP contribution in [0.25, 0.3) is 0 Å². The second-order valence-electron chi connectivity index (χ2n) is 9.02. The van der Waals surface area contributed by atoms with Crippen molar-refractivity contribution in [2.24, 2.45) is 11.1 Å². The standard InChI is InChI=1S/C19H32N2O7/c1-16(2,3)28-15(22)21-11-13-14(12(10-20-23)19(21)8-9-19)27-18(5,25-7)17(4,24-6)26-13/h10,12-14,23H,8-9,11H2,1-7H3/t12-,13-,14-,17+,18+/m1/s1. The quantitative estimate of drug-likeness (QED) is 0.441. The van der Waals surface area contributed by atoms with Gasteiger partial charge in [0, 0.05) is 14.2 Å². The minimum Gasteiger partial charge on any atom is -0.444 e. The van der Waals surface area contributed by atoms with Crippen molar-refractivity contribution in [2.75, 3.05) is 20.8 Å². The SMILES string of the molecule is CO[C@@]1(C)O[C@@H]2[C@@H](C=NO)C3(CC3)N(C(=O)OC(C)(C)C)C[C@H]2O[C@]1(C)OC. The van der Waals surface area contributed by atoms with Gasteiger partial charge in [0.05, 0.1) is 30.3 Å². The molecule has 0 unspecified atom stereocenters. The molecule has 1 amide bonds. The third-order valence-electron chi connectivity index (χ3n) is 6.19. The lowest BCUT2D eigenvalue weighted by Gasteiger charge is -2.57. The summed E-state index contributed by atoms with van der Waals surface area (Å²) in [5.74, 6) is -2.73. The number of fused-ring (bicyclic) bond motifs is 1. The zero-order chi connectivity index (χ0) is 21.0. The number of hydrogen-bond donors (Lipinski definition) is 1. The van der Waals surface area contributed by atoms with Crippen LogP contribution in [0.3, 0.4) is 0 Å². The average Bonchev–Trinajstić information content (AvgIpc) is 3.39. The molecule has 2 heterocycles. The molecule has 160 valence electrons. The summed E-state index contributed by atoms with van der Waals surface area (Å²) in [4.78, 5) is 14.6. The lowest BCUT2D eigenvalue weighted by molar-refractivity contribution is -0.456. The molecule has 2 aliphatic heterocycles. The maximum atomic E-state index is 13.0. The van der Waals surface area contributed by atoms with Crippen LogP contribution in [0.15, 0.2) is 5.16 Å². The Morgan fingerprint density at radius 1 is 1.18 bits per heavy atom. The smallest absolute Gasteiger partial charge is 0.410 e. The fourth-order valence-corrected chi connectivity index (χ4v) is 4.27. The molecule has 0 aromatic rings. The number of carbonyl (C=O) groups excluding carboxylic acids is 1. The van der Waals surface area contributed by atoms with Gasteiger partial charge in [-0.15, -0.1) is 5.16 Å². The molecule has 5 atom stereocenters. The zero-order valence-corrected chi connectivity index (χ0v) is 17.7. The first kappa shape index (κ1) is 21.3. The first-order valence-electron chi connectivity index (χ1n) is 9.59. The number of piperidine rings is 1. The number of oxime groups is 1. The zero-order valence-electron chi connectivity index (χ0n) is 17.7. The largest absolute Gasteiger partial charge is 0.444 e. The van der Waals surface area contributed by atoms with Gasteiger partial charge in [0.1, 0.15) is 11.7 Å². The van der Waals surface area contributed by atoms with Gasteiger partial charge in [0.2, 0.25) is 11.6 Å². The van der Waals surface area contributed by atoms with Crippen molar-refractivity contribution in [3.8, 4) is 0 Å². The molecular formula is C19H32N2O7. The summed E-state index contributed by atoms with van der Waals surface area (Å²) in [5.41, 5.74) is -1.14. The number of methoxy groups -OCH3 is 2. The molecule has 3 aliphatic rings. The minimum atomic E-state index is -1.18. The van der Waals surface area contributed by atoms with Crippen LogP contribution in [0.1, 0.15) is 47.5 Å². The van der Waals surface area contributed by atoms with E-state index in [9.17, 15) is 10.0 Å². The van der Waals surface area contributed by atoms with Crippen molar-refractivity contribution in [2.45, 2.75) is 82.4 Å². The molecule has 0 aromatic heterocycles. The Balaban J connectivity index is 1.96. The van der Waals surface area contributed by atoms with E-state index < -0.39 is 41.0 Å². The summed E-state index contributed by atoms with van der Waals surface area (Å²) in [5, 5.41) is 12.6. The molecule has 9 nitrogen and oxygen atoms in total. The maximum absolute atomic E-state index is 13.0. The highest BCUT2D eigenvalue weighted by Gasteiger charge is 2.68. The van der Waals surface area contributed by atoms with Crippen LogP contribution >= 0.6 is 0 Å². The highest BCUT2D eigenvalue weighted by atomic mass is 16.8. The molecule has 1 aliphatic carbocycles. The van der Waals surface area contributed by atoms with Crippen molar-refractivity contribution >= 4 is 12.3 Å². The molecule has 0 radical (unpaired) electrons. The predicted molar refractivity (Wildman–Crippen MR) is 99.2 cm³/mol. The first-order valence-corrected chi connectivity index (χ1v) is 9.59. The van der Waals surface area contributed by atoms with Gasteiger partial charge >= 0.3 is 6.09 Å². The number of carbonyl (C=O) groups is 1. The first-order chi connectivity index (χ1) is 13.0. The molecule has 2 saturated heterocycles. The highest BCUT2D eigenvalue weighted by molar-refractivity contribution is 5.74. The number of hydrogen-bond acceptors (Lipinski definition) is 8. The monoisotopic (exact) mass is 400 g/mol. The lowest BCUT2D eigenvalue weighted by atomic mass is 9.82. The van der Waals surface area contributed by atoms with Crippen molar-refractivity contribution < 1.29 is 33.7 Å². The Morgan fingerprint density at radius 3 is 2.21 bits per heavy atom. The minimum absolute atomic E-state index is 0.286. The van der Waals surface area contributed by atoms with Crippen LogP contribution in [0.2, 0.25) is 0 Å². The van der Waals surface area contributed by atoms with Crippen LogP contribution in [0.5, 0.6) is 0 Å². The number of likely N-dealkylation sites (tertiary alicyclic amines) is 1. The fourth-order valence-electron chi connectivity index (χ4n) is 4.27. The summed E-state index contributed by atoms with van der Waals surface area (Å²) >= 11 is 0. The van der Waals surface area contributed by atoms with E-state index in [-0.39, 0.29) is 12.5 Å². The summed E-state index contributed by atoms with van der Waals surface area (Å²) < 4.78 is 29.4. The molecule has 0 aromatic carbocycles. The number of nitrogens with zero attached hydrogens (tertiary/aromatic N) is 2. The fraction of sp³-hybridized carbons (Fsp3) is 0.895. The Hall–Kier alpha value is -1.42. The van der Waals surface area contributed by atoms with E-state index in [1.54, 1.807) is 18.7 Å². The van der Waals surface area contributed by atoms with Crippen LogP contribution in [-0.4, -0.2) is 78.1 Å².